The Morgan fingerprint density at radius 1 is 1.12 bits per heavy atom. The fourth-order valence-electron chi connectivity index (χ4n) is 2.86. The van der Waals surface area contributed by atoms with E-state index in [-0.39, 0.29) is 17.9 Å². The fourth-order valence-corrected chi connectivity index (χ4v) is 2.86. The quantitative estimate of drug-likeness (QED) is 0.479. The minimum Gasteiger partial charge on any atom is -0.494 e. The van der Waals surface area contributed by atoms with Gasteiger partial charge in [0.2, 0.25) is 0 Å². The average Bonchev–Trinajstić information content (AvgIpc) is 2.66. The summed E-state index contributed by atoms with van der Waals surface area (Å²) in [6.07, 6.45) is 0.914. The number of rotatable bonds is 11. The molecule has 0 radical (unpaired) electrons. The van der Waals surface area contributed by atoms with Crippen molar-refractivity contribution in [3.05, 3.63) is 65.7 Å². The van der Waals surface area contributed by atoms with Gasteiger partial charge in [0, 0.05) is 18.2 Å². The molecular weight excluding hydrogens is 326 g/mol. The molecule has 0 fully saturated rings. The van der Waals surface area contributed by atoms with Crippen LogP contribution < -0.4 is 10.1 Å². The number of Topliss-reactive ketones (excluding diaryl/α,β-unsaturated/α-hetero) is 1. The Balaban J connectivity index is 1.76. The van der Waals surface area contributed by atoms with Crippen LogP contribution in [-0.2, 0) is 4.74 Å². The Morgan fingerprint density at radius 3 is 2.58 bits per heavy atom. The second-order valence-electron chi connectivity index (χ2n) is 6.32. The molecule has 2 aromatic carbocycles. The largest absolute Gasteiger partial charge is 0.494 e. The van der Waals surface area contributed by atoms with Crippen LogP contribution >= 0.6 is 0 Å². The Kier molecular flexibility index (Phi) is 8.32. The van der Waals surface area contributed by atoms with Gasteiger partial charge >= 0.3 is 0 Å². The van der Waals surface area contributed by atoms with Crippen LogP contribution in [0.25, 0.3) is 0 Å². The Bertz CT molecular complexity index is 672. The lowest BCUT2D eigenvalue weighted by molar-refractivity contribution is 0.0377. The zero-order valence-corrected chi connectivity index (χ0v) is 15.9. The molecule has 0 bridgehead atoms. The number of carbonyl (C=O) groups is 1. The van der Waals surface area contributed by atoms with Crippen LogP contribution in [-0.4, -0.2) is 31.6 Å². The molecule has 26 heavy (non-hydrogen) atoms. The van der Waals surface area contributed by atoms with Crippen molar-refractivity contribution >= 4 is 5.78 Å². The molecular formula is C22H29NO3. The van der Waals surface area contributed by atoms with Crippen molar-refractivity contribution in [2.45, 2.75) is 39.3 Å². The Morgan fingerprint density at radius 2 is 1.88 bits per heavy atom. The van der Waals surface area contributed by atoms with Gasteiger partial charge in [-0.15, -0.1) is 0 Å². The van der Waals surface area contributed by atoms with Gasteiger partial charge in [-0.1, -0.05) is 42.5 Å². The number of carbonyl (C=O) groups excluding carboxylic acids is 1. The molecule has 0 aliphatic heterocycles. The van der Waals surface area contributed by atoms with Gasteiger partial charge in [0.05, 0.1) is 12.7 Å². The molecule has 2 rings (SSSR count). The van der Waals surface area contributed by atoms with Gasteiger partial charge in [-0.05, 0) is 51.4 Å². The molecule has 0 amide bonds. The predicted octanol–water partition coefficient (Wildman–Crippen LogP) is 4.41. The lowest BCUT2D eigenvalue weighted by atomic mass is 10.0. The highest BCUT2D eigenvalue weighted by molar-refractivity contribution is 5.94. The van der Waals surface area contributed by atoms with E-state index >= 15 is 0 Å². The molecule has 0 saturated heterocycles. The summed E-state index contributed by atoms with van der Waals surface area (Å²) in [7, 11) is 0. The molecule has 1 N–H and O–H groups in total. The normalized spacial score (nSPS) is 13.2. The lowest BCUT2D eigenvalue weighted by Crippen LogP contribution is -2.34. The molecule has 0 aliphatic carbocycles. The van der Waals surface area contributed by atoms with Crippen molar-refractivity contribution in [2.24, 2.45) is 0 Å². The maximum Gasteiger partial charge on any atom is 0.159 e. The van der Waals surface area contributed by atoms with E-state index in [0.29, 0.717) is 18.8 Å². The zero-order chi connectivity index (χ0) is 18.8. The van der Waals surface area contributed by atoms with E-state index in [1.54, 1.807) is 19.1 Å². The number of benzene rings is 2. The highest BCUT2D eigenvalue weighted by Gasteiger charge is 2.18. The van der Waals surface area contributed by atoms with Crippen molar-refractivity contribution in [3.8, 4) is 5.75 Å². The van der Waals surface area contributed by atoms with Crippen molar-refractivity contribution < 1.29 is 14.3 Å². The first-order valence-electron chi connectivity index (χ1n) is 9.25. The first-order chi connectivity index (χ1) is 12.6. The topological polar surface area (TPSA) is 47.6 Å². The molecule has 0 spiro atoms. The summed E-state index contributed by atoms with van der Waals surface area (Å²) in [6.45, 7) is 7.85. The third kappa shape index (κ3) is 6.28. The van der Waals surface area contributed by atoms with E-state index in [1.165, 1.54) is 5.56 Å². The van der Waals surface area contributed by atoms with Gasteiger partial charge in [0.1, 0.15) is 5.75 Å². The van der Waals surface area contributed by atoms with E-state index in [9.17, 15) is 4.79 Å². The number of nitrogens with one attached hydrogen (secondary N) is 1. The number of hydrogen-bond acceptors (Lipinski definition) is 4. The van der Waals surface area contributed by atoms with Gasteiger partial charge in [-0.2, -0.15) is 0 Å². The fraction of sp³-hybridized carbons (Fsp3) is 0.409. The summed E-state index contributed by atoms with van der Waals surface area (Å²) in [5.41, 5.74) is 1.86. The summed E-state index contributed by atoms with van der Waals surface area (Å²) in [5, 5.41) is 3.52. The minimum atomic E-state index is 0.0365. The third-order valence-corrected chi connectivity index (χ3v) is 4.23. The molecule has 4 heteroatoms. The van der Waals surface area contributed by atoms with Crippen LogP contribution in [0, 0.1) is 0 Å². The summed E-state index contributed by atoms with van der Waals surface area (Å²) in [5.74, 6) is 0.788. The standard InChI is InChI=1S/C22H29NO3/c1-4-25-22(19-10-6-5-7-11-19)17(2)23-14-9-15-26-21-13-8-12-20(16-21)18(3)24/h5-8,10-13,16-17,22-23H,4,9,14-15H2,1-3H3. The maximum absolute atomic E-state index is 11.4. The molecule has 0 aliphatic rings. The van der Waals surface area contributed by atoms with E-state index in [1.807, 2.05) is 37.3 Å². The first-order valence-corrected chi connectivity index (χ1v) is 9.25. The maximum atomic E-state index is 11.4. The van der Waals surface area contributed by atoms with Crippen molar-refractivity contribution in [2.75, 3.05) is 19.8 Å². The summed E-state index contributed by atoms with van der Waals surface area (Å²) >= 11 is 0. The summed E-state index contributed by atoms with van der Waals surface area (Å²) in [6, 6.07) is 17.8. The van der Waals surface area contributed by atoms with Crippen molar-refractivity contribution in [1.29, 1.82) is 0 Å². The van der Waals surface area contributed by atoms with Gasteiger partial charge < -0.3 is 14.8 Å². The zero-order valence-electron chi connectivity index (χ0n) is 15.9. The molecule has 2 aromatic rings. The first kappa shape index (κ1) is 20.1. The Hall–Kier alpha value is -2.17. The van der Waals surface area contributed by atoms with Gasteiger partial charge in [0.25, 0.3) is 0 Å². The van der Waals surface area contributed by atoms with Crippen LogP contribution in [0.3, 0.4) is 0 Å². The van der Waals surface area contributed by atoms with Crippen molar-refractivity contribution in [3.63, 3.8) is 0 Å². The molecule has 140 valence electrons. The van der Waals surface area contributed by atoms with Crippen LogP contribution in [0.2, 0.25) is 0 Å². The number of ketones is 1. The van der Waals surface area contributed by atoms with Crippen LogP contribution in [0.1, 0.15) is 49.2 Å². The predicted molar refractivity (Wildman–Crippen MR) is 105 cm³/mol. The van der Waals surface area contributed by atoms with Gasteiger partial charge in [-0.3, -0.25) is 4.79 Å². The van der Waals surface area contributed by atoms with Gasteiger partial charge in [0.15, 0.2) is 5.78 Å². The molecule has 0 aromatic heterocycles. The smallest absolute Gasteiger partial charge is 0.159 e. The van der Waals surface area contributed by atoms with E-state index < -0.39 is 0 Å². The lowest BCUT2D eigenvalue weighted by Gasteiger charge is -2.25. The molecule has 0 heterocycles. The molecule has 2 atom stereocenters. The summed E-state index contributed by atoms with van der Waals surface area (Å²) in [4.78, 5) is 11.4. The van der Waals surface area contributed by atoms with Crippen LogP contribution in [0.4, 0.5) is 0 Å². The molecule has 2 unspecified atom stereocenters. The highest BCUT2D eigenvalue weighted by Crippen LogP contribution is 2.21. The van der Waals surface area contributed by atoms with Crippen LogP contribution in [0.5, 0.6) is 5.75 Å². The second kappa shape index (κ2) is 10.7. The monoisotopic (exact) mass is 355 g/mol. The van der Waals surface area contributed by atoms with E-state index in [0.717, 1.165) is 18.7 Å². The minimum absolute atomic E-state index is 0.0365. The van der Waals surface area contributed by atoms with E-state index in [2.05, 4.69) is 24.4 Å². The van der Waals surface area contributed by atoms with Crippen molar-refractivity contribution in [1.82, 2.24) is 5.32 Å². The van der Waals surface area contributed by atoms with E-state index in [4.69, 9.17) is 9.47 Å². The highest BCUT2D eigenvalue weighted by atomic mass is 16.5. The second-order valence-corrected chi connectivity index (χ2v) is 6.32. The molecule has 0 saturated carbocycles. The molecule has 4 nitrogen and oxygen atoms in total. The third-order valence-electron chi connectivity index (χ3n) is 4.23. The summed E-state index contributed by atoms with van der Waals surface area (Å²) < 4.78 is 11.7. The van der Waals surface area contributed by atoms with Crippen LogP contribution in [0.15, 0.2) is 54.6 Å². The van der Waals surface area contributed by atoms with Gasteiger partial charge in [-0.25, -0.2) is 0 Å². The number of ether oxygens (including phenoxy) is 2. The number of hydrogen-bond donors (Lipinski definition) is 1. The Labute approximate surface area is 156 Å². The SMILES string of the molecule is CCOC(c1ccccc1)C(C)NCCCOc1cccc(C(C)=O)c1. The average molecular weight is 355 g/mol.